The predicted molar refractivity (Wildman–Crippen MR) is 65.0 cm³/mol. The highest BCUT2D eigenvalue weighted by molar-refractivity contribution is 5.98. The van der Waals surface area contributed by atoms with Gasteiger partial charge >= 0.3 is 17.9 Å². The van der Waals surface area contributed by atoms with Crippen molar-refractivity contribution in [3.63, 3.8) is 0 Å². The average molecular weight is 307 g/mol. The number of nitrogens with one attached hydrogen (secondary N) is 1. The Bertz CT molecular complexity index is 482. The van der Waals surface area contributed by atoms with Crippen LogP contribution in [0, 0.1) is 0 Å². The van der Waals surface area contributed by atoms with Gasteiger partial charge in [0.1, 0.15) is 5.60 Å². The van der Waals surface area contributed by atoms with Crippen molar-refractivity contribution in [2.24, 2.45) is 0 Å². The molecule has 5 nitrogen and oxygen atoms in total. The lowest BCUT2D eigenvalue weighted by atomic mass is 10.0. The standard InChI is InChI=1S/C13H16F3NO4/c1-8-7-20-12(13(14,15)16,17-9(8)18)10(19)21-11(2)5-3-4-6-11/h1,3-7H2,2H3,(H,17,18). The Kier molecular flexibility index (Phi) is 3.77. The number of halogens is 3. The van der Waals surface area contributed by atoms with Gasteiger partial charge in [0, 0.05) is 5.57 Å². The van der Waals surface area contributed by atoms with E-state index in [1.54, 1.807) is 12.2 Å². The maximum absolute atomic E-state index is 13.3. The van der Waals surface area contributed by atoms with Crippen LogP contribution in [-0.2, 0) is 19.1 Å². The van der Waals surface area contributed by atoms with Gasteiger partial charge in [-0.3, -0.25) is 4.79 Å². The van der Waals surface area contributed by atoms with Crippen LogP contribution in [0.4, 0.5) is 13.2 Å². The van der Waals surface area contributed by atoms with Gasteiger partial charge in [-0.15, -0.1) is 0 Å². The molecule has 21 heavy (non-hydrogen) atoms. The van der Waals surface area contributed by atoms with Crippen LogP contribution in [0.1, 0.15) is 32.6 Å². The summed E-state index contributed by atoms with van der Waals surface area (Å²) in [6.07, 6.45) is -2.63. The second-order valence-electron chi connectivity index (χ2n) is 5.57. The fraction of sp³-hybridized carbons (Fsp3) is 0.692. The normalized spacial score (nSPS) is 29.1. The third-order valence-corrected chi connectivity index (χ3v) is 3.76. The summed E-state index contributed by atoms with van der Waals surface area (Å²) < 4.78 is 49.4. The van der Waals surface area contributed by atoms with Gasteiger partial charge in [0.05, 0.1) is 6.61 Å². The highest BCUT2D eigenvalue weighted by Crippen LogP contribution is 2.39. The van der Waals surface area contributed by atoms with Crippen LogP contribution in [0.3, 0.4) is 0 Å². The topological polar surface area (TPSA) is 64.6 Å². The van der Waals surface area contributed by atoms with Crippen LogP contribution in [-0.4, -0.2) is 36.0 Å². The Morgan fingerprint density at radius 1 is 1.38 bits per heavy atom. The third-order valence-electron chi connectivity index (χ3n) is 3.76. The molecule has 0 bridgehead atoms. The van der Waals surface area contributed by atoms with Crippen molar-refractivity contribution in [3.05, 3.63) is 12.2 Å². The minimum absolute atomic E-state index is 0.185. The number of carbonyl (C=O) groups excluding carboxylic acids is 2. The Balaban J connectivity index is 2.26. The molecule has 2 aliphatic rings. The van der Waals surface area contributed by atoms with E-state index in [1.807, 2.05) is 0 Å². The largest absolute Gasteiger partial charge is 0.456 e. The molecule has 8 heteroatoms. The molecular weight excluding hydrogens is 291 g/mol. The number of alkyl halides is 3. The number of hydrogen-bond acceptors (Lipinski definition) is 4. The zero-order valence-corrected chi connectivity index (χ0v) is 11.5. The first-order chi connectivity index (χ1) is 9.60. The Morgan fingerprint density at radius 3 is 2.43 bits per heavy atom. The van der Waals surface area contributed by atoms with E-state index in [2.05, 4.69) is 11.3 Å². The number of hydrogen-bond donors (Lipinski definition) is 1. The molecule has 0 aromatic carbocycles. The highest BCUT2D eigenvalue weighted by Gasteiger charge is 2.67. The first-order valence-electron chi connectivity index (χ1n) is 6.54. The summed E-state index contributed by atoms with van der Waals surface area (Å²) in [5.74, 6) is -2.72. The Hall–Kier alpha value is -1.57. The Morgan fingerprint density at radius 2 is 1.95 bits per heavy atom. The third kappa shape index (κ3) is 2.76. The lowest BCUT2D eigenvalue weighted by Gasteiger charge is -2.39. The molecule has 1 heterocycles. The first-order valence-corrected chi connectivity index (χ1v) is 6.54. The molecule has 2 fully saturated rings. The van der Waals surface area contributed by atoms with Crippen molar-refractivity contribution >= 4 is 11.9 Å². The summed E-state index contributed by atoms with van der Waals surface area (Å²) >= 11 is 0. The maximum Gasteiger partial charge on any atom is 0.448 e. The van der Waals surface area contributed by atoms with Gasteiger partial charge in [-0.05, 0) is 32.6 Å². The average Bonchev–Trinajstić information content (AvgIpc) is 2.77. The zero-order valence-electron chi connectivity index (χ0n) is 11.5. The van der Waals surface area contributed by atoms with Crippen molar-refractivity contribution in [2.45, 2.75) is 50.1 Å². The molecule has 1 unspecified atom stereocenters. The molecular formula is C13H16F3NO4. The van der Waals surface area contributed by atoms with Gasteiger partial charge in [-0.2, -0.15) is 13.2 Å². The summed E-state index contributed by atoms with van der Waals surface area (Å²) in [7, 11) is 0. The lowest BCUT2D eigenvalue weighted by molar-refractivity contribution is -0.292. The van der Waals surface area contributed by atoms with Crippen LogP contribution in [0.25, 0.3) is 0 Å². The molecule has 0 aromatic rings. The molecule has 118 valence electrons. The fourth-order valence-corrected chi connectivity index (χ4v) is 2.44. The molecule has 0 radical (unpaired) electrons. The van der Waals surface area contributed by atoms with Crippen molar-refractivity contribution in [1.82, 2.24) is 5.32 Å². The van der Waals surface area contributed by atoms with Crippen LogP contribution >= 0.6 is 0 Å². The van der Waals surface area contributed by atoms with E-state index in [0.29, 0.717) is 12.8 Å². The van der Waals surface area contributed by atoms with Crippen molar-refractivity contribution < 1.29 is 32.2 Å². The molecule has 1 saturated carbocycles. The molecule has 1 atom stereocenters. The Labute approximate surface area is 119 Å². The van der Waals surface area contributed by atoms with Gasteiger partial charge in [0.2, 0.25) is 0 Å². The SMILES string of the molecule is C=C1COC(C(=O)OC2(C)CCCC2)(C(F)(F)F)NC1=O. The van der Waals surface area contributed by atoms with Gasteiger partial charge in [-0.25, -0.2) is 4.79 Å². The lowest BCUT2D eigenvalue weighted by Crippen LogP contribution is -2.69. The van der Waals surface area contributed by atoms with E-state index >= 15 is 0 Å². The second kappa shape index (κ2) is 5.01. The van der Waals surface area contributed by atoms with Crippen molar-refractivity contribution in [3.8, 4) is 0 Å². The van der Waals surface area contributed by atoms with E-state index in [1.165, 1.54) is 0 Å². The van der Waals surface area contributed by atoms with Crippen LogP contribution < -0.4 is 5.32 Å². The number of amides is 1. The number of rotatable bonds is 2. The van der Waals surface area contributed by atoms with Gasteiger partial charge in [0.15, 0.2) is 0 Å². The highest BCUT2D eigenvalue weighted by atomic mass is 19.4. The minimum atomic E-state index is -5.13. The van der Waals surface area contributed by atoms with Crippen LogP contribution in [0.5, 0.6) is 0 Å². The molecule has 1 N–H and O–H groups in total. The van der Waals surface area contributed by atoms with Crippen LogP contribution in [0.2, 0.25) is 0 Å². The number of carbonyl (C=O) groups is 2. The van der Waals surface area contributed by atoms with E-state index < -0.39 is 36.0 Å². The predicted octanol–water partition coefficient (Wildman–Crippen LogP) is 1.82. The molecule has 1 aliphatic heterocycles. The van der Waals surface area contributed by atoms with E-state index in [0.717, 1.165) is 12.8 Å². The van der Waals surface area contributed by atoms with Crippen LogP contribution in [0.15, 0.2) is 12.2 Å². The van der Waals surface area contributed by atoms with Crippen molar-refractivity contribution in [2.75, 3.05) is 6.61 Å². The summed E-state index contributed by atoms with van der Waals surface area (Å²) in [6.45, 7) is 4.15. The molecule has 0 spiro atoms. The summed E-state index contributed by atoms with van der Waals surface area (Å²) in [5.41, 5.74) is -4.61. The summed E-state index contributed by atoms with van der Waals surface area (Å²) in [6, 6.07) is 0. The van der Waals surface area contributed by atoms with Gasteiger partial charge in [-0.1, -0.05) is 6.58 Å². The van der Waals surface area contributed by atoms with Gasteiger partial charge in [0.25, 0.3) is 5.91 Å². The van der Waals surface area contributed by atoms with Gasteiger partial charge < -0.3 is 14.8 Å². The molecule has 2 rings (SSSR count). The zero-order chi connectivity index (χ0) is 15.9. The molecule has 1 aliphatic carbocycles. The molecule has 1 amide bonds. The maximum atomic E-state index is 13.3. The number of esters is 1. The summed E-state index contributed by atoms with van der Waals surface area (Å²) in [4.78, 5) is 23.5. The summed E-state index contributed by atoms with van der Waals surface area (Å²) in [5, 5.41) is 1.55. The smallest absolute Gasteiger partial charge is 0.448 e. The second-order valence-corrected chi connectivity index (χ2v) is 5.57. The monoisotopic (exact) mass is 307 g/mol. The molecule has 0 aromatic heterocycles. The van der Waals surface area contributed by atoms with E-state index in [-0.39, 0.29) is 5.57 Å². The molecule has 1 saturated heterocycles. The first kappa shape index (κ1) is 15.8. The fourth-order valence-electron chi connectivity index (χ4n) is 2.44. The quantitative estimate of drug-likeness (QED) is 0.624. The van der Waals surface area contributed by atoms with E-state index in [9.17, 15) is 22.8 Å². The van der Waals surface area contributed by atoms with E-state index in [4.69, 9.17) is 4.74 Å². The number of ether oxygens (including phenoxy) is 2. The van der Waals surface area contributed by atoms with Crippen molar-refractivity contribution in [1.29, 1.82) is 0 Å². The minimum Gasteiger partial charge on any atom is -0.456 e.